The number of hydrazone groups is 1. The maximum Gasteiger partial charge on any atom is 0.279 e. The van der Waals surface area contributed by atoms with Crippen molar-refractivity contribution in [2.45, 2.75) is 24.3 Å². The number of anilines is 1. The molecule has 1 aliphatic rings. The summed E-state index contributed by atoms with van der Waals surface area (Å²) in [4.78, 5) is 2.25. The van der Waals surface area contributed by atoms with Crippen LogP contribution in [0, 0.1) is 6.92 Å². The second-order valence-electron chi connectivity index (χ2n) is 7.85. The molecule has 0 aliphatic carbocycles. The van der Waals surface area contributed by atoms with Gasteiger partial charge in [0, 0.05) is 31.2 Å². The van der Waals surface area contributed by atoms with Crippen LogP contribution in [-0.2, 0) is 10.0 Å². The molecule has 1 heterocycles. The van der Waals surface area contributed by atoms with Crippen LogP contribution in [-0.4, -0.2) is 32.6 Å². The van der Waals surface area contributed by atoms with Gasteiger partial charge >= 0.3 is 0 Å². The molecule has 0 bridgehead atoms. The summed E-state index contributed by atoms with van der Waals surface area (Å²) in [5.41, 5.74) is 4.57. The van der Waals surface area contributed by atoms with E-state index in [1.165, 1.54) is 4.41 Å². The van der Waals surface area contributed by atoms with Crippen LogP contribution in [0.1, 0.15) is 29.2 Å². The molecule has 0 N–H and O–H groups in total. The Balaban J connectivity index is 1.76. The summed E-state index contributed by atoms with van der Waals surface area (Å²) in [5.74, 6) is 0. The number of benzene rings is 3. The third kappa shape index (κ3) is 4.31. The van der Waals surface area contributed by atoms with E-state index < -0.39 is 16.1 Å². The van der Waals surface area contributed by atoms with Gasteiger partial charge in [-0.1, -0.05) is 53.6 Å². The number of sulfonamides is 1. The molecule has 0 spiro atoms. The van der Waals surface area contributed by atoms with Crippen LogP contribution < -0.4 is 4.90 Å². The normalized spacial score (nSPS) is 16.3. The first kappa shape index (κ1) is 21.4. The van der Waals surface area contributed by atoms with Gasteiger partial charge in [-0.3, -0.25) is 0 Å². The zero-order valence-electron chi connectivity index (χ0n) is 17.7. The van der Waals surface area contributed by atoms with Gasteiger partial charge in [0.05, 0.1) is 16.6 Å². The summed E-state index contributed by atoms with van der Waals surface area (Å²) in [6, 6.07) is 21.7. The number of hydrogen-bond acceptors (Lipinski definition) is 4. The van der Waals surface area contributed by atoms with Gasteiger partial charge in [0.25, 0.3) is 10.0 Å². The molecule has 3 aromatic rings. The van der Waals surface area contributed by atoms with Crippen LogP contribution in [0.4, 0.5) is 5.69 Å². The summed E-state index contributed by atoms with van der Waals surface area (Å²) in [5, 5.41) is 5.21. The third-order valence-corrected chi connectivity index (χ3v) is 7.36. The quantitative estimate of drug-likeness (QED) is 0.529. The van der Waals surface area contributed by atoms with Crippen LogP contribution in [0.15, 0.2) is 82.8 Å². The molecule has 3 aromatic carbocycles. The number of nitrogens with zero attached hydrogens (tertiary/aromatic N) is 3. The van der Waals surface area contributed by atoms with Crippen LogP contribution in [0.2, 0.25) is 5.02 Å². The van der Waals surface area contributed by atoms with Gasteiger partial charge < -0.3 is 4.90 Å². The van der Waals surface area contributed by atoms with Crippen molar-refractivity contribution < 1.29 is 8.42 Å². The standard InChI is InChI=1S/C24H24ClN3O2S/c1-17-4-14-22(15-5-17)31(29,30)28-24(19-6-10-20(25)11-7-19)16-23(26-28)18-8-12-21(13-9-18)27(2)3/h4-15,24H,16H2,1-3H3. The molecular formula is C24H24ClN3O2S. The zero-order chi connectivity index (χ0) is 22.2. The highest BCUT2D eigenvalue weighted by molar-refractivity contribution is 7.89. The van der Waals surface area contributed by atoms with E-state index in [1.54, 1.807) is 36.4 Å². The Morgan fingerprint density at radius 2 is 1.55 bits per heavy atom. The average Bonchev–Trinajstić information content (AvgIpc) is 3.21. The first-order valence-corrected chi connectivity index (χ1v) is 11.8. The van der Waals surface area contributed by atoms with Gasteiger partial charge in [-0.15, -0.1) is 0 Å². The van der Waals surface area contributed by atoms with Crippen LogP contribution >= 0.6 is 11.6 Å². The molecule has 0 saturated heterocycles. The van der Waals surface area contributed by atoms with E-state index in [-0.39, 0.29) is 4.90 Å². The molecule has 0 saturated carbocycles. The largest absolute Gasteiger partial charge is 0.378 e. The third-order valence-electron chi connectivity index (χ3n) is 5.41. The minimum Gasteiger partial charge on any atom is -0.378 e. The fourth-order valence-corrected chi connectivity index (χ4v) is 5.15. The Morgan fingerprint density at radius 3 is 2.13 bits per heavy atom. The molecule has 31 heavy (non-hydrogen) atoms. The predicted octanol–water partition coefficient (Wildman–Crippen LogP) is 5.25. The second-order valence-corrected chi connectivity index (χ2v) is 10.1. The molecule has 1 aliphatic heterocycles. The predicted molar refractivity (Wildman–Crippen MR) is 126 cm³/mol. The summed E-state index contributed by atoms with van der Waals surface area (Å²) in [7, 11) is 0.141. The molecule has 0 amide bonds. The van der Waals surface area contributed by atoms with Crippen molar-refractivity contribution in [1.82, 2.24) is 4.41 Å². The minimum absolute atomic E-state index is 0.227. The molecule has 0 radical (unpaired) electrons. The molecule has 5 nitrogen and oxygen atoms in total. The molecular weight excluding hydrogens is 430 g/mol. The minimum atomic E-state index is -3.82. The molecule has 7 heteroatoms. The lowest BCUT2D eigenvalue weighted by atomic mass is 9.99. The van der Waals surface area contributed by atoms with Crippen LogP contribution in [0.5, 0.6) is 0 Å². The fourth-order valence-electron chi connectivity index (χ4n) is 3.59. The SMILES string of the molecule is Cc1ccc(S(=O)(=O)N2N=C(c3ccc(N(C)C)cc3)CC2c2ccc(Cl)cc2)cc1. The van der Waals surface area contributed by atoms with Crippen LogP contribution in [0.3, 0.4) is 0 Å². The van der Waals surface area contributed by atoms with Crippen molar-refractivity contribution in [3.8, 4) is 0 Å². The number of hydrogen-bond donors (Lipinski definition) is 0. The summed E-state index contributed by atoms with van der Waals surface area (Å²) < 4.78 is 28.3. The van der Waals surface area contributed by atoms with Crippen LogP contribution in [0.25, 0.3) is 0 Å². The van der Waals surface area contributed by atoms with E-state index in [2.05, 4.69) is 5.10 Å². The Morgan fingerprint density at radius 1 is 0.935 bits per heavy atom. The van der Waals surface area contributed by atoms with Crippen molar-refractivity contribution >= 4 is 33.0 Å². The van der Waals surface area contributed by atoms with Crippen molar-refractivity contribution in [2.24, 2.45) is 5.10 Å². The van der Waals surface area contributed by atoms with Gasteiger partial charge in [0.15, 0.2) is 0 Å². The monoisotopic (exact) mass is 453 g/mol. The molecule has 0 aromatic heterocycles. The highest BCUT2D eigenvalue weighted by atomic mass is 35.5. The fraction of sp³-hybridized carbons (Fsp3) is 0.208. The summed E-state index contributed by atoms with van der Waals surface area (Å²) in [6.45, 7) is 1.93. The first-order valence-electron chi connectivity index (χ1n) is 9.97. The summed E-state index contributed by atoms with van der Waals surface area (Å²) in [6.07, 6.45) is 0.480. The summed E-state index contributed by atoms with van der Waals surface area (Å²) >= 11 is 6.06. The smallest absolute Gasteiger partial charge is 0.279 e. The lowest BCUT2D eigenvalue weighted by Crippen LogP contribution is -2.27. The van der Waals surface area contributed by atoms with Gasteiger partial charge in [0.2, 0.25) is 0 Å². The van der Waals surface area contributed by atoms with E-state index in [1.807, 2.05) is 62.3 Å². The van der Waals surface area contributed by atoms with Crippen molar-refractivity contribution in [1.29, 1.82) is 0 Å². The van der Waals surface area contributed by atoms with Gasteiger partial charge in [-0.05, 0) is 54.4 Å². The molecule has 4 rings (SSSR count). The Bertz CT molecular complexity index is 1200. The topological polar surface area (TPSA) is 53.0 Å². The first-order chi connectivity index (χ1) is 14.8. The van der Waals surface area contributed by atoms with Crippen molar-refractivity contribution in [3.63, 3.8) is 0 Å². The Hall–Kier alpha value is -2.83. The van der Waals surface area contributed by atoms with E-state index in [0.717, 1.165) is 28.1 Å². The van der Waals surface area contributed by atoms with Gasteiger partial charge in [0.1, 0.15) is 0 Å². The molecule has 0 fully saturated rings. The van der Waals surface area contributed by atoms with Gasteiger partial charge in [-0.25, -0.2) is 0 Å². The van der Waals surface area contributed by atoms with E-state index >= 15 is 0 Å². The Labute approximate surface area is 188 Å². The van der Waals surface area contributed by atoms with Crippen molar-refractivity contribution in [2.75, 3.05) is 19.0 Å². The Kier molecular flexibility index (Phi) is 5.77. The van der Waals surface area contributed by atoms with Gasteiger partial charge in [-0.2, -0.15) is 17.9 Å². The maximum atomic E-state index is 13.5. The lowest BCUT2D eigenvalue weighted by Gasteiger charge is -2.23. The second kappa shape index (κ2) is 8.36. The highest BCUT2D eigenvalue weighted by Crippen LogP contribution is 2.37. The van der Waals surface area contributed by atoms with E-state index in [4.69, 9.17) is 11.6 Å². The molecule has 160 valence electrons. The lowest BCUT2D eigenvalue weighted by molar-refractivity contribution is 0.371. The van der Waals surface area contributed by atoms with E-state index in [0.29, 0.717) is 11.4 Å². The van der Waals surface area contributed by atoms with Crippen molar-refractivity contribution in [3.05, 3.63) is 94.5 Å². The molecule has 1 unspecified atom stereocenters. The highest BCUT2D eigenvalue weighted by Gasteiger charge is 2.37. The van der Waals surface area contributed by atoms with E-state index in [9.17, 15) is 8.42 Å². The molecule has 1 atom stereocenters. The zero-order valence-corrected chi connectivity index (χ0v) is 19.2. The number of halogens is 1. The average molecular weight is 454 g/mol. The number of aryl methyl sites for hydroxylation is 1. The maximum absolute atomic E-state index is 13.5. The number of rotatable bonds is 5.